The molecule has 74 valence electrons. The molecule has 0 aromatic heterocycles. The maximum absolute atomic E-state index is 5.25. The Hall–Kier alpha value is -0.120. The summed E-state index contributed by atoms with van der Waals surface area (Å²) in [5, 5.41) is 0. The van der Waals surface area contributed by atoms with Crippen LogP contribution in [0.1, 0.15) is 26.7 Å². The van der Waals surface area contributed by atoms with Crippen molar-refractivity contribution in [1.82, 2.24) is 4.90 Å². The molecule has 0 aliphatic heterocycles. The molecule has 0 fully saturated rings. The van der Waals surface area contributed by atoms with Crippen molar-refractivity contribution in [2.75, 3.05) is 27.8 Å². The van der Waals surface area contributed by atoms with Crippen molar-refractivity contribution in [3.05, 3.63) is 0 Å². The molecular weight excluding hydrogens is 154 g/mol. The smallest absolute Gasteiger partial charge is 0.226 e. The van der Waals surface area contributed by atoms with Crippen LogP contribution in [0, 0.1) is 0 Å². The molecule has 3 heteroatoms. The second kappa shape index (κ2) is 5.51. The third-order valence-corrected chi connectivity index (χ3v) is 2.30. The monoisotopic (exact) mass is 175 g/mol. The van der Waals surface area contributed by atoms with Crippen LogP contribution < -0.4 is 0 Å². The maximum Gasteiger partial charge on any atom is 0.226 e. The SMILES string of the molecule is CCCCN(C)C(C)(OC)OC. The summed E-state index contributed by atoms with van der Waals surface area (Å²) in [5.41, 5.74) is 0. The van der Waals surface area contributed by atoms with E-state index in [1.165, 1.54) is 12.8 Å². The van der Waals surface area contributed by atoms with E-state index in [0.717, 1.165) is 6.54 Å². The first kappa shape index (κ1) is 11.9. The number of nitrogens with zero attached hydrogens (tertiary/aromatic N) is 1. The molecule has 0 saturated carbocycles. The van der Waals surface area contributed by atoms with Gasteiger partial charge in [0.2, 0.25) is 5.91 Å². The van der Waals surface area contributed by atoms with Crippen LogP contribution in [0.15, 0.2) is 0 Å². The van der Waals surface area contributed by atoms with Crippen molar-refractivity contribution in [2.24, 2.45) is 0 Å². The van der Waals surface area contributed by atoms with Crippen molar-refractivity contribution in [3.8, 4) is 0 Å². The van der Waals surface area contributed by atoms with Gasteiger partial charge in [0.05, 0.1) is 0 Å². The van der Waals surface area contributed by atoms with E-state index in [1.807, 2.05) is 14.0 Å². The lowest BCUT2D eigenvalue weighted by molar-refractivity contribution is -0.276. The molecule has 0 radical (unpaired) electrons. The standard InChI is InChI=1S/C9H21NO2/c1-6-7-8-10(3)9(2,11-4)12-5/h6-8H2,1-5H3. The fourth-order valence-electron chi connectivity index (χ4n) is 0.993. The quantitative estimate of drug-likeness (QED) is 0.573. The van der Waals surface area contributed by atoms with E-state index in [2.05, 4.69) is 11.8 Å². The van der Waals surface area contributed by atoms with Crippen LogP contribution in [0.3, 0.4) is 0 Å². The summed E-state index contributed by atoms with van der Waals surface area (Å²) in [6.07, 6.45) is 2.35. The van der Waals surface area contributed by atoms with Gasteiger partial charge in [-0.25, -0.2) is 0 Å². The van der Waals surface area contributed by atoms with E-state index < -0.39 is 5.91 Å². The van der Waals surface area contributed by atoms with Crippen LogP contribution in [0.4, 0.5) is 0 Å². The minimum absolute atomic E-state index is 0.574. The normalized spacial score (nSPS) is 12.5. The molecular formula is C9H21NO2. The molecule has 0 aliphatic carbocycles. The number of methoxy groups -OCH3 is 2. The largest absolute Gasteiger partial charge is 0.341 e. The molecule has 0 spiro atoms. The Bertz CT molecular complexity index is 113. The number of hydrogen-bond acceptors (Lipinski definition) is 3. The van der Waals surface area contributed by atoms with Gasteiger partial charge in [-0.3, -0.25) is 4.90 Å². The highest BCUT2D eigenvalue weighted by Crippen LogP contribution is 2.14. The molecule has 0 rings (SSSR count). The van der Waals surface area contributed by atoms with E-state index >= 15 is 0 Å². The Kier molecular flexibility index (Phi) is 5.46. The van der Waals surface area contributed by atoms with Crippen molar-refractivity contribution in [2.45, 2.75) is 32.6 Å². The van der Waals surface area contributed by atoms with Crippen LogP contribution in [0.2, 0.25) is 0 Å². The number of ether oxygens (including phenoxy) is 2. The number of unbranched alkanes of at least 4 members (excludes halogenated alkanes) is 1. The lowest BCUT2D eigenvalue weighted by Crippen LogP contribution is -2.47. The Morgan fingerprint density at radius 1 is 1.25 bits per heavy atom. The summed E-state index contributed by atoms with van der Waals surface area (Å²) in [5.74, 6) is -0.574. The molecule has 12 heavy (non-hydrogen) atoms. The predicted molar refractivity (Wildman–Crippen MR) is 50.0 cm³/mol. The molecule has 0 heterocycles. The Balaban J connectivity index is 3.93. The molecule has 0 saturated heterocycles. The molecule has 0 amide bonds. The van der Waals surface area contributed by atoms with Crippen LogP contribution in [0.25, 0.3) is 0 Å². The second-order valence-electron chi connectivity index (χ2n) is 3.08. The summed E-state index contributed by atoms with van der Waals surface area (Å²) in [4.78, 5) is 2.07. The molecule has 0 N–H and O–H groups in total. The molecule has 0 aromatic rings. The van der Waals surface area contributed by atoms with Gasteiger partial charge in [-0.1, -0.05) is 13.3 Å². The molecule has 0 aromatic carbocycles. The van der Waals surface area contributed by atoms with Crippen LogP contribution >= 0.6 is 0 Å². The zero-order valence-electron chi connectivity index (χ0n) is 8.89. The summed E-state index contributed by atoms with van der Waals surface area (Å²) in [6.45, 7) is 5.09. The Morgan fingerprint density at radius 2 is 1.75 bits per heavy atom. The van der Waals surface area contributed by atoms with E-state index in [0.29, 0.717) is 0 Å². The maximum atomic E-state index is 5.25. The zero-order chi connectivity index (χ0) is 9.61. The van der Waals surface area contributed by atoms with Gasteiger partial charge >= 0.3 is 0 Å². The first-order chi connectivity index (χ1) is 5.60. The van der Waals surface area contributed by atoms with Crippen molar-refractivity contribution in [3.63, 3.8) is 0 Å². The lowest BCUT2D eigenvalue weighted by atomic mass is 10.3. The van der Waals surface area contributed by atoms with Crippen LogP contribution in [-0.2, 0) is 9.47 Å². The van der Waals surface area contributed by atoms with Crippen molar-refractivity contribution < 1.29 is 9.47 Å². The number of hydrogen-bond donors (Lipinski definition) is 0. The molecule has 0 unspecified atom stereocenters. The molecule has 0 aliphatic rings. The first-order valence-corrected chi connectivity index (χ1v) is 4.42. The molecule has 0 atom stereocenters. The molecule has 3 nitrogen and oxygen atoms in total. The minimum Gasteiger partial charge on any atom is -0.341 e. The van der Waals surface area contributed by atoms with Gasteiger partial charge in [0.15, 0.2) is 0 Å². The minimum atomic E-state index is -0.574. The van der Waals surface area contributed by atoms with E-state index in [4.69, 9.17) is 9.47 Å². The average molecular weight is 175 g/mol. The highest BCUT2D eigenvalue weighted by atomic mass is 16.7. The van der Waals surface area contributed by atoms with Gasteiger partial charge in [-0.05, 0) is 13.5 Å². The van der Waals surface area contributed by atoms with Gasteiger partial charge in [0.1, 0.15) is 0 Å². The number of rotatable bonds is 6. The van der Waals surface area contributed by atoms with Crippen molar-refractivity contribution >= 4 is 0 Å². The van der Waals surface area contributed by atoms with Crippen molar-refractivity contribution in [1.29, 1.82) is 0 Å². The predicted octanol–water partition coefficient (Wildman–Crippen LogP) is 1.68. The average Bonchev–Trinajstić information content (AvgIpc) is 2.12. The van der Waals surface area contributed by atoms with E-state index in [1.54, 1.807) is 14.2 Å². The topological polar surface area (TPSA) is 21.7 Å². The Labute approximate surface area is 75.6 Å². The third kappa shape index (κ3) is 3.09. The Morgan fingerprint density at radius 3 is 2.08 bits per heavy atom. The zero-order valence-corrected chi connectivity index (χ0v) is 8.89. The van der Waals surface area contributed by atoms with Gasteiger partial charge < -0.3 is 9.47 Å². The molecule has 0 bridgehead atoms. The van der Waals surface area contributed by atoms with E-state index in [9.17, 15) is 0 Å². The van der Waals surface area contributed by atoms with Gasteiger partial charge in [0, 0.05) is 27.7 Å². The van der Waals surface area contributed by atoms with Crippen LogP contribution in [0.5, 0.6) is 0 Å². The third-order valence-electron chi connectivity index (χ3n) is 2.30. The van der Waals surface area contributed by atoms with Gasteiger partial charge in [0.25, 0.3) is 0 Å². The van der Waals surface area contributed by atoms with Gasteiger partial charge in [-0.2, -0.15) is 0 Å². The highest BCUT2D eigenvalue weighted by Gasteiger charge is 2.27. The van der Waals surface area contributed by atoms with E-state index in [-0.39, 0.29) is 0 Å². The lowest BCUT2D eigenvalue weighted by Gasteiger charge is -2.35. The fraction of sp³-hybridized carbons (Fsp3) is 1.00. The first-order valence-electron chi connectivity index (χ1n) is 4.42. The highest BCUT2D eigenvalue weighted by molar-refractivity contribution is 4.61. The summed E-state index contributed by atoms with van der Waals surface area (Å²) in [7, 11) is 5.32. The summed E-state index contributed by atoms with van der Waals surface area (Å²) >= 11 is 0. The fourth-order valence-corrected chi connectivity index (χ4v) is 0.993. The van der Waals surface area contributed by atoms with Crippen LogP contribution in [-0.4, -0.2) is 38.6 Å². The summed E-state index contributed by atoms with van der Waals surface area (Å²) < 4.78 is 10.5. The summed E-state index contributed by atoms with van der Waals surface area (Å²) in [6, 6.07) is 0. The van der Waals surface area contributed by atoms with Gasteiger partial charge in [-0.15, -0.1) is 0 Å². The second-order valence-corrected chi connectivity index (χ2v) is 3.08.